The smallest absolute Gasteiger partial charge is 0.156 e. The molecule has 0 fully saturated rings. The van der Waals surface area contributed by atoms with Gasteiger partial charge in [0.25, 0.3) is 0 Å². The Morgan fingerprint density at radius 2 is 0.852 bits per heavy atom. The molecule has 12 rings (SSSR count). The van der Waals surface area contributed by atoms with E-state index in [1.165, 1.54) is 27.8 Å². The zero-order valence-electron chi connectivity index (χ0n) is 34.0. The Labute approximate surface area is 356 Å². The van der Waals surface area contributed by atoms with Crippen molar-refractivity contribution < 1.29 is 9.47 Å². The van der Waals surface area contributed by atoms with E-state index in [1.54, 1.807) is 0 Å². The van der Waals surface area contributed by atoms with Crippen LogP contribution in [-0.2, 0) is 10.8 Å². The summed E-state index contributed by atoms with van der Waals surface area (Å²) in [6.07, 6.45) is 0. The summed E-state index contributed by atoms with van der Waals surface area (Å²) in [5, 5.41) is 0. The standard InChI is InChI=1S/C58H41NO2/c1-57(2)46-23-10-9-21-44(46)45-36-35-42(37-51(45)57)59(41-33-31-39(32-34-41)38-17-5-3-6-18-38)52-28-16-27-50-56(52)61-55-43(40-19-7-4-8-20-40)22-15-26-49(55)58(50)47-24-11-13-29-53(47)60-54-30-14-12-25-48(54)58/h3-37H,1-2H3. The lowest BCUT2D eigenvalue weighted by Crippen LogP contribution is -2.37. The number of para-hydroxylation sites is 4. The number of hydrogen-bond donors (Lipinski definition) is 0. The second kappa shape index (κ2) is 13.5. The Hall–Kier alpha value is -7.62. The van der Waals surface area contributed by atoms with Gasteiger partial charge in [0.2, 0.25) is 0 Å². The van der Waals surface area contributed by atoms with E-state index in [4.69, 9.17) is 9.47 Å². The maximum absolute atomic E-state index is 7.57. The summed E-state index contributed by atoms with van der Waals surface area (Å²) in [6, 6.07) is 76.3. The van der Waals surface area contributed by atoms with E-state index in [1.807, 2.05) is 0 Å². The zero-order chi connectivity index (χ0) is 40.7. The average molecular weight is 784 g/mol. The maximum Gasteiger partial charge on any atom is 0.156 e. The minimum atomic E-state index is -0.764. The summed E-state index contributed by atoms with van der Waals surface area (Å²) in [7, 11) is 0. The van der Waals surface area contributed by atoms with E-state index in [2.05, 4.69) is 231 Å². The maximum atomic E-state index is 7.57. The van der Waals surface area contributed by atoms with Gasteiger partial charge in [-0.1, -0.05) is 184 Å². The van der Waals surface area contributed by atoms with Crippen molar-refractivity contribution in [1.29, 1.82) is 0 Å². The molecule has 0 saturated carbocycles. The summed E-state index contributed by atoms with van der Waals surface area (Å²) in [5.74, 6) is 3.32. The lowest BCUT2D eigenvalue weighted by Gasteiger charge is -2.46. The van der Waals surface area contributed by atoms with Gasteiger partial charge in [-0.15, -0.1) is 0 Å². The van der Waals surface area contributed by atoms with Crippen LogP contribution in [0, 0.1) is 0 Å². The predicted molar refractivity (Wildman–Crippen MR) is 248 cm³/mol. The highest BCUT2D eigenvalue weighted by Gasteiger charge is 2.52. The van der Waals surface area contributed by atoms with Gasteiger partial charge >= 0.3 is 0 Å². The summed E-state index contributed by atoms with van der Waals surface area (Å²) < 4.78 is 14.3. The van der Waals surface area contributed by atoms with Gasteiger partial charge < -0.3 is 14.4 Å². The number of fused-ring (bicyclic) bond motifs is 11. The van der Waals surface area contributed by atoms with Crippen LogP contribution in [0.2, 0.25) is 0 Å². The number of anilines is 3. The molecular formula is C58H41NO2. The van der Waals surface area contributed by atoms with E-state index < -0.39 is 5.41 Å². The molecule has 2 aliphatic heterocycles. The SMILES string of the molecule is CC1(C)c2ccccc2-c2ccc(N(c3ccc(-c4ccccc4)cc3)c3cccc4c3Oc3c(-c5ccccc5)cccc3C43c4ccccc4Oc4ccccc43)cc21. The van der Waals surface area contributed by atoms with Crippen LogP contribution in [-0.4, -0.2) is 0 Å². The fourth-order valence-corrected chi connectivity index (χ4v) is 10.4. The van der Waals surface area contributed by atoms with Crippen molar-refractivity contribution in [3.63, 3.8) is 0 Å². The van der Waals surface area contributed by atoms with Crippen molar-refractivity contribution >= 4 is 17.1 Å². The van der Waals surface area contributed by atoms with Crippen LogP contribution in [0.5, 0.6) is 23.0 Å². The fourth-order valence-electron chi connectivity index (χ4n) is 10.4. The van der Waals surface area contributed by atoms with Crippen LogP contribution in [0.25, 0.3) is 33.4 Å². The molecule has 290 valence electrons. The average Bonchev–Trinajstić information content (AvgIpc) is 3.55. The number of benzene rings is 9. The number of hydrogen-bond acceptors (Lipinski definition) is 3. The van der Waals surface area contributed by atoms with E-state index in [0.29, 0.717) is 0 Å². The quantitative estimate of drug-likeness (QED) is 0.174. The van der Waals surface area contributed by atoms with Gasteiger partial charge in [0.1, 0.15) is 17.2 Å². The van der Waals surface area contributed by atoms with E-state index in [0.717, 1.165) is 79.0 Å². The first kappa shape index (κ1) is 35.3. The van der Waals surface area contributed by atoms with Crippen LogP contribution in [0.1, 0.15) is 47.2 Å². The topological polar surface area (TPSA) is 21.7 Å². The molecule has 3 nitrogen and oxygen atoms in total. The molecule has 0 aromatic heterocycles. The van der Waals surface area contributed by atoms with Gasteiger partial charge in [0, 0.05) is 44.6 Å². The first-order chi connectivity index (χ1) is 30.0. The summed E-state index contributed by atoms with van der Waals surface area (Å²) in [5.41, 5.74) is 16.1. The van der Waals surface area contributed by atoms with Gasteiger partial charge in [0.15, 0.2) is 5.75 Å². The molecule has 3 aliphatic rings. The molecular weight excluding hydrogens is 743 g/mol. The van der Waals surface area contributed by atoms with Crippen molar-refractivity contribution in [2.75, 3.05) is 4.90 Å². The third-order valence-electron chi connectivity index (χ3n) is 13.2. The Kier molecular flexibility index (Phi) is 7.79. The van der Waals surface area contributed by atoms with Crippen LogP contribution in [0.15, 0.2) is 212 Å². The highest BCUT2D eigenvalue weighted by Crippen LogP contribution is 2.64. The van der Waals surface area contributed by atoms with Crippen molar-refractivity contribution in [2.24, 2.45) is 0 Å². The van der Waals surface area contributed by atoms with Gasteiger partial charge in [-0.2, -0.15) is 0 Å². The molecule has 1 spiro atoms. The highest BCUT2D eigenvalue weighted by atomic mass is 16.5. The largest absolute Gasteiger partial charge is 0.457 e. The molecule has 0 atom stereocenters. The molecule has 0 saturated heterocycles. The molecule has 3 heteroatoms. The number of rotatable bonds is 5. The lowest BCUT2D eigenvalue weighted by atomic mass is 9.62. The van der Waals surface area contributed by atoms with Crippen LogP contribution >= 0.6 is 0 Å². The molecule has 0 bridgehead atoms. The van der Waals surface area contributed by atoms with Crippen LogP contribution in [0.3, 0.4) is 0 Å². The predicted octanol–water partition coefficient (Wildman–Crippen LogP) is 15.4. The Morgan fingerprint density at radius 1 is 0.344 bits per heavy atom. The van der Waals surface area contributed by atoms with Gasteiger partial charge in [-0.05, 0) is 81.4 Å². The van der Waals surface area contributed by atoms with Crippen molar-refractivity contribution in [3.8, 4) is 56.4 Å². The summed E-state index contributed by atoms with van der Waals surface area (Å²) >= 11 is 0. The molecule has 0 radical (unpaired) electrons. The van der Waals surface area contributed by atoms with Gasteiger partial charge in [0.05, 0.1) is 11.1 Å². The molecule has 1 aliphatic carbocycles. The van der Waals surface area contributed by atoms with E-state index in [9.17, 15) is 0 Å². The highest BCUT2D eigenvalue weighted by molar-refractivity contribution is 5.90. The molecule has 61 heavy (non-hydrogen) atoms. The molecule has 0 amide bonds. The lowest BCUT2D eigenvalue weighted by molar-refractivity contribution is 0.401. The van der Waals surface area contributed by atoms with E-state index in [-0.39, 0.29) is 5.41 Å². The van der Waals surface area contributed by atoms with E-state index >= 15 is 0 Å². The minimum Gasteiger partial charge on any atom is -0.457 e. The molecule has 2 heterocycles. The fraction of sp³-hybridized carbons (Fsp3) is 0.0690. The summed E-state index contributed by atoms with van der Waals surface area (Å²) in [4.78, 5) is 2.40. The first-order valence-corrected chi connectivity index (χ1v) is 21.1. The Bertz CT molecular complexity index is 3120. The monoisotopic (exact) mass is 783 g/mol. The molecule has 9 aromatic carbocycles. The van der Waals surface area contributed by atoms with Crippen molar-refractivity contribution in [3.05, 3.63) is 246 Å². The minimum absolute atomic E-state index is 0.180. The van der Waals surface area contributed by atoms with Gasteiger partial charge in [-0.3, -0.25) is 0 Å². The normalized spacial score (nSPS) is 14.3. The van der Waals surface area contributed by atoms with Crippen molar-refractivity contribution in [1.82, 2.24) is 0 Å². The molecule has 9 aromatic rings. The van der Waals surface area contributed by atoms with Crippen molar-refractivity contribution in [2.45, 2.75) is 24.7 Å². The second-order valence-corrected chi connectivity index (χ2v) is 16.8. The third-order valence-corrected chi connectivity index (χ3v) is 13.2. The Balaban J connectivity index is 1.15. The third kappa shape index (κ3) is 5.17. The van der Waals surface area contributed by atoms with Crippen LogP contribution in [0.4, 0.5) is 17.1 Å². The second-order valence-electron chi connectivity index (χ2n) is 16.8. The van der Waals surface area contributed by atoms with Crippen LogP contribution < -0.4 is 14.4 Å². The number of ether oxygens (including phenoxy) is 2. The zero-order valence-corrected chi connectivity index (χ0v) is 34.0. The first-order valence-electron chi connectivity index (χ1n) is 21.1. The summed E-state index contributed by atoms with van der Waals surface area (Å²) in [6.45, 7) is 4.69. The Morgan fingerprint density at radius 3 is 1.56 bits per heavy atom. The molecule has 0 N–H and O–H groups in total. The molecule has 0 unspecified atom stereocenters. The number of nitrogens with zero attached hydrogens (tertiary/aromatic N) is 1. The van der Waals surface area contributed by atoms with Gasteiger partial charge in [-0.25, -0.2) is 0 Å².